The molecule has 0 radical (unpaired) electrons. The molecular weight excluding hydrogens is 280 g/mol. The number of amides is 1. The smallest absolute Gasteiger partial charge is 0.407 e. The van der Waals surface area contributed by atoms with E-state index in [-0.39, 0.29) is 12.1 Å². The third kappa shape index (κ3) is 4.77. The number of rotatable bonds is 4. The lowest BCUT2D eigenvalue weighted by Gasteiger charge is -2.39. The van der Waals surface area contributed by atoms with E-state index in [1.807, 2.05) is 32.9 Å². The number of carbonyl (C=O) groups excluding carboxylic acids is 1. The van der Waals surface area contributed by atoms with E-state index < -0.39 is 5.60 Å². The Labute approximate surface area is 133 Å². The van der Waals surface area contributed by atoms with Crippen LogP contribution < -0.4 is 5.32 Å². The van der Waals surface area contributed by atoms with E-state index in [1.165, 1.54) is 12.8 Å². The van der Waals surface area contributed by atoms with Gasteiger partial charge in [0.2, 0.25) is 0 Å². The number of ether oxygens (including phenoxy) is 1. The van der Waals surface area contributed by atoms with E-state index in [9.17, 15) is 4.79 Å². The van der Waals surface area contributed by atoms with Crippen molar-refractivity contribution in [1.82, 2.24) is 10.2 Å². The first-order valence-electron chi connectivity index (χ1n) is 8.13. The number of hydrogen-bond donors (Lipinski definition) is 1. The summed E-state index contributed by atoms with van der Waals surface area (Å²) in [6.45, 7) is 9.42. The fraction of sp³-hybridized carbons (Fsp3) is 0.706. The summed E-state index contributed by atoms with van der Waals surface area (Å²) >= 11 is 0. The molecule has 1 aliphatic rings. The molecule has 0 aromatic carbocycles. The zero-order valence-electron chi connectivity index (χ0n) is 14.1. The maximum atomic E-state index is 11.8. The average molecular weight is 308 g/mol. The Balaban J connectivity index is 1.91. The SMILES string of the molecule is CC(c1ccco1)N1CCCCC1CNC(=O)OC(C)(C)C. The maximum absolute atomic E-state index is 11.8. The van der Waals surface area contributed by atoms with Crippen molar-refractivity contribution in [3.63, 3.8) is 0 Å². The number of furan rings is 1. The van der Waals surface area contributed by atoms with Gasteiger partial charge in [0.25, 0.3) is 0 Å². The van der Waals surface area contributed by atoms with E-state index in [0.29, 0.717) is 12.6 Å². The molecule has 5 heteroatoms. The van der Waals surface area contributed by atoms with Crippen molar-refractivity contribution in [2.75, 3.05) is 13.1 Å². The Morgan fingerprint density at radius 1 is 1.50 bits per heavy atom. The topological polar surface area (TPSA) is 54.7 Å². The first kappa shape index (κ1) is 16.9. The highest BCUT2D eigenvalue weighted by atomic mass is 16.6. The Kier molecular flexibility index (Phi) is 5.51. The van der Waals surface area contributed by atoms with Gasteiger partial charge >= 0.3 is 6.09 Å². The van der Waals surface area contributed by atoms with Gasteiger partial charge in [-0.15, -0.1) is 0 Å². The lowest BCUT2D eigenvalue weighted by atomic mass is 9.99. The number of nitrogens with zero attached hydrogens (tertiary/aromatic N) is 1. The average Bonchev–Trinajstić information content (AvgIpc) is 2.97. The van der Waals surface area contributed by atoms with Gasteiger partial charge in [0.15, 0.2) is 0 Å². The van der Waals surface area contributed by atoms with Gasteiger partial charge in [-0.3, -0.25) is 4.90 Å². The first-order valence-corrected chi connectivity index (χ1v) is 8.13. The molecule has 1 saturated heterocycles. The molecule has 124 valence electrons. The van der Waals surface area contributed by atoms with Crippen LogP contribution in [0.2, 0.25) is 0 Å². The molecule has 0 aliphatic carbocycles. The van der Waals surface area contributed by atoms with Crippen LogP contribution in [-0.2, 0) is 4.74 Å². The lowest BCUT2D eigenvalue weighted by molar-refractivity contribution is 0.0462. The predicted octanol–water partition coefficient (Wildman–Crippen LogP) is 3.72. The van der Waals surface area contributed by atoms with Crippen LogP contribution in [0.15, 0.2) is 22.8 Å². The third-order valence-electron chi connectivity index (χ3n) is 4.01. The standard InChI is InChI=1S/C17H28N2O3/c1-13(15-9-7-11-21-15)19-10-6-5-8-14(19)12-18-16(20)22-17(2,3)4/h7,9,11,13-14H,5-6,8,10,12H2,1-4H3,(H,18,20). The van der Waals surface area contributed by atoms with Crippen LogP contribution in [0.4, 0.5) is 4.79 Å². The number of nitrogens with one attached hydrogen (secondary N) is 1. The highest BCUT2D eigenvalue weighted by Crippen LogP contribution is 2.28. The summed E-state index contributed by atoms with van der Waals surface area (Å²) < 4.78 is 10.8. The van der Waals surface area contributed by atoms with Crippen LogP contribution in [0.3, 0.4) is 0 Å². The molecule has 5 nitrogen and oxygen atoms in total. The zero-order valence-corrected chi connectivity index (χ0v) is 14.1. The molecule has 2 atom stereocenters. The summed E-state index contributed by atoms with van der Waals surface area (Å²) in [6.07, 6.45) is 4.84. The molecule has 1 amide bonds. The Hall–Kier alpha value is -1.49. The molecule has 0 bridgehead atoms. The molecule has 1 N–H and O–H groups in total. The predicted molar refractivity (Wildman–Crippen MR) is 85.7 cm³/mol. The van der Waals surface area contributed by atoms with Gasteiger partial charge in [-0.1, -0.05) is 6.42 Å². The van der Waals surface area contributed by atoms with Crippen LogP contribution in [0.5, 0.6) is 0 Å². The van der Waals surface area contributed by atoms with Gasteiger partial charge in [0.05, 0.1) is 12.3 Å². The molecule has 2 heterocycles. The lowest BCUT2D eigenvalue weighted by Crippen LogP contribution is -2.48. The molecule has 1 aromatic rings. The van der Waals surface area contributed by atoms with E-state index in [1.54, 1.807) is 6.26 Å². The van der Waals surface area contributed by atoms with Crippen LogP contribution in [0.1, 0.15) is 58.8 Å². The molecule has 1 fully saturated rings. The van der Waals surface area contributed by atoms with Gasteiger partial charge in [-0.05, 0) is 59.2 Å². The second-order valence-electron chi connectivity index (χ2n) is 6.96. The van der Waals surface area contributed by atoms with Crippen molar-refractivity contribution >= 4 is 6.09 Å². The summed E-state index contributed by atoms with van der Waals surface area (Å²) in [5.41, 5.74) is -0.461. The van der Waals surface area contributed by atoms with Crippen molar-refractivity contribution in [3.8, 4) is 0 Å². The van der Waals surface area contributed by atoms with Gasteiger partial charge in [-0.2, -0.15) is 0 Å². The van der Waals surface area contributed by atoms with Crippen molar-refractivity contribution < 1.29 is 13.9 Å². The van der Waals surface area contributed by atoms with Crippen molar-refractivity contribution in [2.45, 2.75) is 64.6 Å². The Morgan fingerprint density at radius 2 is 2.27 bits per heavy atom. The third-order valence-corrected chi connectivity index (χ3v) is 4.01. The summed E-state index contributed by atoms with van der Waals surface area (Å²) in [7, 11) is 0. The first-order chi connectivity index (χ1) is 10.4. The molecular formula is C17H28N2O3. The fourth-order valence-electron chi connectivity index (χ4n) is 2.96. The van der Waals surface area contributed by atoms with E-state index in [2.05, 4.69) is 17.1 Å². The summed E-state index contributed by atoms with van der Waals surface area (Å²) in [5.74, 6) is 0.976. The largest absolute Gasteiger partial charge is 0.468 e. The van der Waals surface area contributed by atoms with E-state index in [4.69, 9.17) is 9.15 Å². The normalized spacial score (nSPS) is 21.4. The van der Waals surface area contributed by atoms with Gasteiger partial charge in [0.1, 0.15) is 11.4 Å². The van der Waals surface area contributed by atoms with Crippen LogP contribution >= 0.6 is 0 Å². The quantitative estimate of drug-likeness (QED) is 0.921. The number of hydrogen-bond acceptors (Lipinski definition) is 4. The number of likely N-dealkylation sites (tertiary alicyclic amines) is 1. The second kappa shape index (κ2) is 7.18. The van der Waals surface area contributed by atoms with Gasteiger partial charge in [0, 0.05) is 12.6 Å². The summed E-state index contributed by atoms with van der Waals surface area (Å²) in [5, 5.41) is 2.91. The monoisotopic (exact) mass is 308 g/mol. The molecule has 1 aromatic heterocycles. The van der Waals surface area contributed by atoms with Crippen molar-refractivity contribution in [3.05, 3.63) is 24.2 Å². The summed E-state index contributed by atoms with van der Waals surface area (Å²) in [4.78, 5) is 14.3. The number of piperidine rings is 1. The number of carbonyl (C=O) groups is 1. The van der Waals surface area contributed by atoms with Gasteiger partial charge in [-0.25, -0.2) is 4.79 Å². The second-order valence-corrected chi connectivity index (χ2v) is 6.96. The van der Waals surface area contributed by atoms with Crippen molar-refractivity contribution in [1.29, 1.82) is 0 Å². The van der Waals surface area contributed by atoms with E-state index in [0.717, 1.165) is 18.7 Å². The molecule has 0 spiro atoms. The minimum Gasteiger partial charge on any atom is -0.468 e. The minimum absolute atomic E-state index is 0.223. The Bertz CT molecular complexity index is 465. The molecule has 22 heavy (non-hydrogen) atoms. The molecule has 0 saturated carbocycles. The molecule has 2 unspecified atom stereocenters. The van der Waals surface area contributed by atoms with Crippen LogP contribution in [0.25, 0.3) is 0 Å². The highest BCUT2D eigenvalue weighted by molar-refractivity contribution is 5.67. The van der Waals surface area contributed by atoms with Crippen LogP contribution in [-0.4, -0.2) is 35.7 Å². The fourth-order valence-corrected chi connectivity index (χ4v) is 2.96. The van der Waals surface area contributed by atoms with Crippen LogP contribution in [0, 0.1) is 0 Å². The van der Waals surface area contributed by atoms with E-state index >= 15 is 0 Å². The number of alkyl carbamates (subject to hydrolysis) is 1. The van der Waals surface area contributed by atoms with Gasteiger partial charge < -0.3 is 14.5 Å². The minimum atomic E-state index is -0.461. The molecule has 1 aliphatic heterocycles. The van der Waals surface area contributed by atoms with Crippen molar-refractivity contribution in [2.24, 2.45) is 0 Å². The zero-order chi connectivity index (χ0) is 16.2. The summed E-state index contributed by atoms with van der Waals surface area (Å²) in [6, 6.07) is 4.48. The maximum Gasteiger partial charge on any atom is 0.407 e. The highest BCUT2D eigenvalue weighted by Gasteiger charge is 2.29. The molecule has 2 rings (SSSR count). The Morgan fingerprint density at radius 3 is 2.91 bits per heavy atom.